The third-order valence-corrected chi connectivity index (χ3v) is 4.36. The molecule has 18 heavy (non-hydrogen) atoms. The second kappa shape index (κ2) is 8.89. The number of rotatable bonds is 9. The van der Waals surface area contributed by atoms with Crippen molar-refractivity contribution in [1.82, 2.24) is 0 Å². The first-order chi connectivity index (χ1) is 8.76. The van der Waals surface area contributed by atoms with Crippen LogP contribution in [-0.4, -0.2) is 36.6 Å². The molecule has 0 radical (unpaired) electrons. The van der Waals surface area contributed by atoms with Gasteiger partial charge in [0.15, 0.2) is 0 Å². The summed E-state index contributed by atoms with van der Waals surface area (Å²) < 4.78 is 5.36. The highest BCUT2D eigenvalue weighted by molar-refractivity contribution is 4.77. The predicted octanol–water partition coefficient (Wildman–Crippen LogP) is 2.74. The Morgan fingerprint density at radius 3 is 2.28 bits per heavy atom. The monoisotopic (exact) mass is 258 g/mol. The Bertz CT molecular complexity index is 196. The van der Waals surface area contributed by atoms with E-state index < -0.39 is 0 Å². The highest BCUT2D eigenvalue weighted by atomic mass is 16.5. The van der Waals surface area contributed by atoms with E-state index in [1.54, 1.807) is 0 Å². The van der Waals surface area contributed by atoms with Crippen molar-refractivity contribution in [3.63, 3.8) is 0 Å². The van der Waals surface area contributed by atoms with Crippen LogP contribution in [0.15, 0.2) is 0 Å². The molecule has 1 saturated heterocycles. The average molecular weight is 258 g/mol. The number of aliphatic hydroxyl groups is 2. The molecule has 0 aromatic carbocycles. The molecule has 0 aromatic rings. The molecule has 108 valence electrons. The normalized spacial score (nSPS) is 18.2. The third kappa shape index (κ3) is 5.25. The minimum Gasteiger partial charge on any atom is -0.396 e. The van der Waals surface area contributed by atoms with Gasteiger partial charge in [-0.05, 0) is 31.6 Å². The zero-order valence-corrected chi connectivity index (χ0v) is 11.9. The zero-order chi connectivity index (χ0) is 13.3. The third-order valence-electron chi connectivity index (χ3n) is 4.36. The summed E-state index contributed by atoms with van der Waals surface area (Å²) in [5, 5.41) is 19.0. The lowest BCUT2D eigenvalue weighted by atomic mass is 9.79. The number of hydrogen-bond acceptors (Lipinski definition) is 3. The first-order valence-electron chi connectivity index (χ1n) is 7.56. The SMILES string of the molecule is CCCC(CO)(CO)CCCCC1CCOCC1. The minimum absolute atomic E-state index is 0.120. The van der Waals surface area contributed by atoms with Crippen LogP contribution in [0, 0.1) is 11.3 Å². The summed E-state index contributed by atoms with van der Waals surface area (Å²) in [5.74, 6) is 0.836. The highest BCUT2D eigenvalue weighted by Crippen LogP contribution is 2.30. The molecule has 1 fully saturated rings. The summed E-state index contributed by atoms with van der Waals surface area (Å²) in [7, 11) is 0. The van der Waals surface area contributed by atoms with Gasteiger partial charge < -0.3 is 14.9 Å². The van der Waals surface area contributed by atoms with E-state index in [9.17, 15) is 10.2 Å². The Labute approximate surface area is 112 Å². The lowest BCUT2D eigenvalue weighted by molar-refractivity contribution is 0.0352. The van der Waals surface area contributed by atoms with Crippen LogP contribution in [0.25, 0.3) is 0 Å². The molecule has 2 N–H and O–H groups in total. The van der Waals surface area contributed by atoms with Gasteiger partial charge in [-0.15, -0.1) is 0 Å². The molecule has 1 aliphatic rings. The van der Waals surface area contributed by atoms with Crippen molar-refractivity contribution in [2.45, 2.75) is 58.3 Å². The molecular formula is C15H30O3. The Balaban J connectivity index is 2.17. The number of ether oxygens (including phenoxy) is 1. The Hall–Kier alpha value is -0.120. The van der Waals surface area contributed by atoms with Crippen LogP contribution in [0.5, 0.6) is 0 Å². The molecule has 0 atom stereocenters. The molecule has 3 heteroatoms. The summed E-state index contributed by atoms with van der Waals surface area (Å²) in [6, 6.07) is 0. The summed E-state index contributed by atoms with van der Waals surface area (Å²) >= 11 is 0. The lowest BCUT2D eigenvalue weighted by Gasteiger charge is -2.30. The molecule has 1 rings (SSSR count). The van der Waals surface area contributed by atoms with E-state index in [2.05, 4.69) is 6.92 Å². The van der Waals surface area contributed by atoms with Crippen LogP contribution in [0.1, 0.15) is 58.3 Å². The second-order valence-corrected chi connectivity index (χ2v) is 5.87. The second-order valence-electron chi connectivity index (χ2n) is 5.87. The van der Waals surface area contributed by atoms with Gasteiger partial charge in [-0.2, -0.15) is 0 Å². The molecule has 1 heterocycles. The molecule has 0 spiro atoms. The van der Waals surface area contributed by atoms with E-state index in [1.807, 2.05) is 0 Å². The van der Waals surface area contributed by atoms with Crippen molar-refractivity contribution in [2.75, 3.05) is 26.4 Å². The van der Waals surface area contributed by atoms with E-state index in [1.165, 1.54) is 25.7 Å². The molecule has 0 amide bonds. The Morgan fingerprint density at radius 2 is 1.72 bits per heavy atom. The van der Waals surface area contributed by atoms with Crippen LogP contribution in [-0.2, 0) is 4.74 Å². The molecule has 0 aromatic heterocycles. The lowest BCUT2D eigenvalue weighted by Crippen LogP contribution is -2.29. The fourth-order valence-corrected chi connectivity index (χ4v) is 2.99. The van der Waals surface area contributed by atoms with E-state index in [0.29, 0.717) is 0 Å². The first kappa shape index (κ1) is 15.9. The zero-order valence-electron chi connectivity index (χ0n) is 11.9. The predicted molar refractivity (Wildman–Crippen MR) is 73.5 cm³/mol. The standard InChI is InChI=1S/C15H30O3/c1-2-8-15(12-16,13-17)9-4-3-5-14-6-10-18-11-7-14/h14,16-17H,2-13H2,1H3. The van der Waals surface area contributed by atoms with Gasteiger partial charge in [0.05, 0.1) is 13.2 Å². The number of hydrogen-bond donors (Lipinski definition) is 2. The van der Waals surface area contributed by atoms with Crippen LogP contribution in [0.2, 0.25) is 0 Å². The van der Waals surface area contributed by atoms with Crippen molar-refractivity contribution in [3.05, 3.63) is 0 Å². The molecule has 1 aliphatic heterocycles. The van der Waals surface area contributed by atoms with Crippen molar-refractivity contribution in [3.8, 4) is 0 Å². The van der Waals surface area contributed by atoms with Gasteiger partial charge in [0.25, 0.3) is 0 Å². The van der Waals surface area contributed by atoms with Gasteiger partial charge in [-0.1, -0.05) is 32.6 Å². The van der Waals surface area contributed by atoms with E-state index in [4.69, 9.17) is 4.74 Å². The van der Waals surface area contributed by atoms with Crippen molar-refractivity contribution < 1.29 is 14.9 Å². The average Bonchev–Trinajstić information content (AvgIpc) is 2.43. The smallest absolute Gasteiger partial charge is 0.0509 e. The van der Waals surface area contributed by atoms with Gasteiger partial charge in [-0.3, -0.25) is 0 Å². The van der Waals surface area contributed by atoms with E-state index >= 15 is 0 Å². The molecule has 3 nitrogen and oxygen atoms in total. The van der Waals surface area contributed by atoms with Crippen molar-refractivity contribution >= 4 is 0 Å². The summed E-state index contributed by atoms with van der Waals surface area (Å²) in [6.07, 6.45) is 8.95. The van der Waals surface area contributed by atoms with Gasteiger partial charge in [0, 0.05) is 18.6 Å². The highest BCUT2D eigenvalue weighted by Gasteiger charge is 2.27. The molecular weight excluding hydrogens is 228 g/mol. The number of unbranched alkanes of at least 4 members (excludes halogenated alkanes) is 1. The maximum absolute atomic E-state index is 9.48. The Kier molecular flexibility index (Phi) is 7.87. The van der Waals surface area contributed by atoms with Gasteiger partial charge in [0.2, 0.25) is 0 Å². The van der Waals surface area contributed by atoms with Gasteiger partial charge >= 0.3 is 0 Å². The van der Waals surface area contributed by atoms with Gasteiger partial charge in [0.1, 0.15) is 0 Å². The van der Waals surface area contributed by atoms with Crippen LogP contribution in [0.4, 0.5) is 0 Å². The fourth-order valence-electron chi connectivity index (χ4n) is 2.99. The topological polar surface area (TPSA) is 49.7 Å². The quantitative estimate of drug-likeness (QED) is 0.625. The van der Waals surface area contributed by atoms with Crippen LogP contribution in [0.3, 0.4) is 0 Å². The molecule has 0 unspecified atom stereocenters. The summed E-state index contributed by atoms with van der Waals surface area (Å²) in [5.41, 5.74) is -0.232. The number of aliphatic hydroxyl groups excluding tert-OH is 2. The largest absolute Gasteiger partial charge is 0.396 e. The van der Waals surface area contributed by atoms with Gasteiger partial charge in [-0.25, -0.2) is 0 Å². The maximum Gasteiger partial charge on any atom is 0.0509 e. The Morgan fingerprint density at radius 1 is 1.06 bits per heavy atom. The van der Waals surface area contributed by atoms with Crippen LogP contribution >= 0.6 is 0 Å². The first-order valence-corrected chi connectivity index (χ1v) is 7.56. The summed E-state index contributed by atoms with van der Waals surface area (Å²) in [4.78, 5) is 0. The molecule has 0 aliphatic carbocycles. The van der Waals surface area contributed by atoms with E-state index in [0.717, 1.165) is 44.8 Å². The van der Waals surface area contributed by atoms with Crippen molar-refractivity contribution in [2.24, 2.45) is 11.3 Å². The molecule has 0 saturated carbocycles. The fraction of sp³-hybridized carbons (Fsp3) is 1.00. The minimum atomic E-state index is -0.232. The molecule has 0 bridgehead atoms. The van der Waals surface area contributed by atoms with E-state index in [-0.39, 0.29) is 18.6 Å². The van der Waals surface area contributed by atoms with Crippen LogP contribution < -0.4 is 0 Å². The maximum atomic E-state index is 9.48. The summed E-state index contributed by atoms with van der Waals surface area (Å²) in [6.45, 7) is 4.21. The van der Waals surface area contributed by atoms with Crippen molar-refractivity contribution in [1.29, 1.82) is 0 Å².